The number of hydrogen-bond acceptors (Lipinski definition) is 4. The second-order valence-corrected chi connectivity index (χ2v) is 6.81. The first-order chi connectivity index (χ1) is 15.1. The molecule has 1 radical (unpaired) electrons. The van der Waals surface area contributed by atoms with Gasteiger partial charge in [-0.15, -0.1) is 35.9 Å². The molecule has 0 fully saturated rings. The summed E-state index contributed by atoms with van der Waals surface area (Å²) >= 11 is 0. The van der Waals surface area contributed by atoms with Gasteiger partial charge < -0.3 is 15.0 Å². The van der Waals surface area contributed by atoms with E-state index in [1.807, 2.05) is 73.8 Å². The maximum Gasteiger partial charge on any atom is 0.171 e. The second kappa shape index (κ2) is 10.6. The van der Waals surface area contributed by atoms with Gasteiger partial charge in [-0.05, 0) is 41.4 Å². The molecule has 6 nitrogen and oxygen atoms in total. The van der Waals surface area contributed by atoms with Gasteiger partial charge in [0, 0.05) is 37.9 Å². The van der Waals surface area contributed by atoms with E-state index in [4.69, 9.17) is 0 Å². The Labute approximate surface area is 197 Å². The van der Waals surface area contributed by atoms with Crippen LogP contribution in [0.25, 0.3) is 33.4 Å². The Balaban J connectivity index is 0.000000184. The van der Waals surface area contributed by atoms with Crippen LogP contribution in [0.5, 0.6) is 0 Å². The zero-order valence-electron chi connectivity index (χ0n) is 17.1. The summed E-state index contributed by atoms with van der Waals surface area (Å²) in [4.78, 5) is 36.9. The molecule has 7 heteroatoms. The van der Waals surface area contributed by atoms with E-state index in [1.54, 1.807) is 6.20 Å². The molecule has 0 amide bonds. The number of fused-ring (bicyclic) bond motifs is 1. The Morgan fingerprint density at radius 3 is 2.47 bits per heavy atom. The van der Waals surface area contributed by atoms with E-state index in [0.717, 1.165) is 22.0 Å². The van der Waals surface area contributed by atoms with Crippen LogP contribution in [0.4, 0.5) is 0 Å². The average molecular weight is 599 g/mol. The number of benzene rings is 2. The molecule has 1 N–H and O–H groups in total. The minimum atomic E-state index is -0.660. The van der Waals surface area contributed by atoms with Gasteiger partial charge in [0.15, 0.2) is 11.2 Å². The van der Waals surface area contributed by atoms with Crippen LogP contribution in [0.1, 0.15) is 5.56 Å². The van der Waals surface area contributed by atoms with Crippen molar-refractivity contribution in [3.8, 4) is 22.6 Å². The third kappa shape index (κ3) is 5.52. The molecule has 0 aliphatic rings. The van der Waals surface area contributed by atoms with Gasteiger partial charge >= 0.3 is 0 Å². The molecule has 161 valence electrons. The average Bonchev–Trinajstić information content (AvgIpc) is 2.79. The number of nitrogens with one attached hydrogen (secondary N) is 1. The first-order valence-electron chi connectivity index (χ1n) is 9.62. The van der Waals surface area contributed by atoms with Crippen molar-refractivity contribution >= 4 is 10.8 Å². The van der Waals surface area contributed by atoms with Crippen LogP contribution in [0.3, 0.4) is 0 Å². The molecule has 0 bridgehead atoms. The fourth-order valence-electron chi connectivity index (χ4n) is 3.06. The molecule has 3 heterocycles. The van der Waals surface area contributed by atoms with E-state index < -0.39 is 11.2 Å². The van der Waals surface area contributed by atoms with E-state index in [1.165, 1.54) is 11.6 Å². The molecule has 0 aliphatic carbocycles. The van der Waals surface area contributed by atoms with Crippen LogP contribution >= 0.6 is 0 Å². The number of aromatic nitrogens is 4. The maximum atomic E-state index is 11.3. The van der Waals surface area contributed by atoms with Crippen molar-refractivity contribution in [1.29, 1.82) is 0 Å². The predicted molar refractivity (Wildman–Crippen MR) is 121 cm³/mol. The zero-order chi connectivity index (χ0) is 21.6. The summed E-state index contributed by atoms with van der Waals surface area (Å²) in [5.74, 6) is 0. The Bertz CT molecular complexity index is 1400. The second-order valence-electron chi connectivity index (χ2n) is 6.81. The molecule has 0 atom stereocenters. The largest absolute Gasteiger partial charge is 0.399 e. The first kappa shape index (κ1) is 23.0. The number of hydrogen-bond donors (Lipinski definition) is 1. The van der Waals surface area contributed by atoms with E-state index in [9.17, 15) is 9.59 Å². The summed E-state index contributed by atoms with van der Waals surface area (Å²) in [6, 6.07) is 25.8. The number of aromatic amines is 1. The van der Waals surface area contributed by atoms with E-state index in [2.05, 4.69) is 32.1 Å². The first-order valence-corrected chi connectivity index (χ1v) is 9.62. The Morgan fingerprint density at radius 1 is 0.938 bits per heavy atom. The van der Waals surface area contributed by atoms with Crippen LogP contribution in [-0.4, -0.2) is 15.0 Å². The third-order valence-corrected chi connectivity index (χ3v) is 4.53. The van der Waals surface area contributed by atoms with Gasteiger partial charge in [-0.1, -0.05) is 36.4 Å². The van der Waals surface area contributed by atoms with Crippen LogP contribution in [-0.2, 0) is 20.1 Å². The normalized spacial score (nSPS) is 10.0. The number of H-pyrrole nitrogens is 1. The smallest absolute Gasteiger partial charge is 0.171 e. The monoisotopic (exact) mass is 599 g/mol. The molecule has 5 rings (SSSR count). The van der Waals surface area contributed by atoms with Gasteiger partial charge in [-0.25, -0.2) is 0 Å². The van der Waals surface area contributed by atoms with Crippen LogP contribution < -0.4 is 16.2 Å². The van der Waals surface area contributed by atoms with Crippen molar-refractivity contribution in [3.63, 3.8) is 0 Å². The SMILES string of the molecule is Cc1ccc(-c2[c-]cccc2)nc1.O=c1cc(-c2nccc3ccccc23)[n-]c(=O)[nH]1.[Ir]. The Morgan fingerprint density at radius 2 is 1.75 bits per heavy atom. The molecule has 32 heavy (non-hydrogen) atoms. The van der Waals surface area contributed by atoms with Crippen molar-refractivity contribution < 1.29 is 20.1 Å². The van der Waals surface area contributed by atoms with Gasteiger partial charge in [0.2, 0.25) is 0 Å². The van der Waals surface area contributed by atoms with E-state index in [-0.39, 0.29) is 20.1 Å². The molecular formula is C25H18IrN4O2-2. The molecule has 3 aromatic heterocycles. The minimum Gasteiger partial charge on any atom is -0.399 e. The number of nitrogens with zero attached hydrogens (tertiary/aromatic N) is 3. The fourth-order valence-corrected chi connectivity index (χ4v) is 3.06. The molecule has 0 saturated carbocycles. The van der Waals surface area contributed by atoms with Gasteiger partial charge in [0.25, 0.3) is 0 Å². The summed E-state index contributed by atoms with van der Waals surface area (Å²) in [7, 11) is 0. The van der Waals surface area contributed by atoms with Gasteiger partial charge in [-0.3, -0.25) is 14.6 Å². The number of rotatable bonds is 2. The quantitative estimate of drug-likeness (QED) is 0.313. The van der Waals surface area contributed by atoms with Crippen LogP contribution in [0.2, 0.25) is 0 Å². The molecule has 5 aromatic rings. The molecule has 0 saturated heterocycles. The Kier molecular flexibility index (Phi) is 7.60. The molecule has 2 aromatic carbocycles. The minimum absolute atomic E-state index is 0. The fraction of sp³-hybridized carbons (Fsp3) is 0.0400. The zero-order valence-corrected chi connectivity index (χ0v) is 19.5. The maximum absolute atomic E-state index is 11.3. The third-order valence-electron chi connectivity index (χ3n) is 4.53. The molecular weight excluding hydrogens is 581 g/mol. The van der Waals surface area contributed by atoms with Crippen molar-refractivity contribution in [2.75, 3.05) is 0 Å². The van der Waals surface area contributed by atoms with Crippen LogP contribution in [0, 0.1) is 13.0 Å². The van der Waals surface area contributed by atoms with Crippen molar-refractivity contribution in [2.45, 2.75) is 6.92 Å². The van der Waals surface area contributed by atoms with Crippen molar-refractivity contribution in [2.24, 2.45) is 0 Å². The molecule has 0 unspecified atom stereocenters. The summed E-state index contributed by atoms with van der Waals surface area (Å²) in [5.41, 5.74) is 2.90. The van der Waals surface area contributed by atoms with Gasteiger partial charge in [0.05, 0.1) is 5.69 Å². The predicted octanol–water partition coefficient (Wildman–Crippen LogP) is 3.76. The Hall–Kier alpha value is -3.67. The van der Waals surface area contributed by atoms with Gasteiger partial charge in [-0.2, -0.15) is 0 Å². The standard InChI is InChI=1S/C13H9N3O2.C12H10N.Ir/c17-11-7-10(15-13(18)16-11)12-9-4-2-1-3-8(9)5-6-14-12;1-10-7-8-12(13-9-10)11-5-3-2-4-6-11;/h1-7H,(H2,15,16,17,18);2-5,7-9H,1H3;/q;-1;/p-1. The summed E-state index contributed by atoms with van der Waals surface area (Å²) in [6.45, 7) is 2.03. The summed E-state index contributed by atoms with van der Waals surface area (Å²) < 4.78 is 0. The molecule has 0 spiro atoms. The number of pyridine rings is 2. The summed E-state index contributed by atoms with van der Waals surface area (Å²) in [5, 5.41) is 1.84. The number of aryl methyl sites for hydroxylation is 1. The van der Waals surface area contributed by atoms with E-state index in [0.29, 0.717) is 11.4 Å². The van der Waals surface area contributed by atoms with Crippen molar-refractivity contribution in [1.82, 2.24) is 19.9 Å². The van der Waals surface area contributed by atoms with Crippen molar-refractivity contribution in [3.05, 3.63) is 118 Å². The van der Waals surface area contributed by atoms with Crippen LogP contribution in [0.15, 0.2) is 94.8 Å². The van der Waals surface area contributed by atoms with Gasteiger partial charge in [0.1, 0.15) is 0 Å². The summed E-state index contributed by atoms with van der Waals surface area (Å²) in [6.07, 6.45) is 3.50. The topological polar surface area (TPSA) is 89.8 Å². The van der Waals surface area contributed by atoms with E-state index >= 15 is 0 Å². The molecule has 0 aliphatic heterocycles.